The number of likely N-dealkylation sites (tertiary alicyclic amines) is 1. The molecule has 0 aliphatic carbocycles. The minimum Gasteiger partial charge on any atom is -0.325 e. The van der Waals surface area contributed by atoms with Crippen molar-refractivity contribution in [1.82, 2.24) is 4.90 Å². The first-order chi connectivity index (χ1) is 8.65. The van der Waals surface area contributed by atoms with E-state index in [9.17, 15) is 4.79 Å². The van der Waals surface area contributed by atoms with Crippen molar-refractivity contribution in [3.63, 3.8) is 0 Å². The van der Waals surface area contributed by atoms with Gasteiger partial charge in [-0.15, -0.1) is 0 Å². The second-order valence-corrected chi connectivity index (χ2v) is 5.40. The lowest BCUT2D eigenvalue weighted by Crippen LogP contribution is -2.35. The maximum Gasteiger partial charge on any atom is 0.321 e. The van der Waals surface area contributed by atoms with E-state index in [2.05, 4.69) is 12.2 Å². The largest absolute Gasteiger partial charge is 0.325 e. The van der Waals surface area contributed by atoms with E-state index in [0.29, 0.717) is 10.9 Å². The van der Waals surface area contributed by atoms with Crippen LogP contribution in [0.4, 0.5) is 10.5 Å². The summed E-state index contributed by atoms with van der Waals surface area (Å²) in [6.45, 7) is 3.93. The Morgan fingerprint density at radius 2 is 2.22 bits per heavy atom. The first-order valence-corrected chi connectivity index (χ1v) is 6.84. The summed E-state index contributed by atoms with van der Waals surface area (Å²) in [5.41, 5.74) is 0.754. The molecule has 1 unspecified atom stereocenters. The molecule has 98 valence electrons. The molecule has 0 aromatic heterocycles. The third-order valence-electron chi connectivity index (χ3n) is 3.38. The fourth-order valence-corrected chi connectivity index (χ4v) is 2.43. The zero-order valence-corrected chi connectivity index (χ0v) is 11.4. The van der Waals surface area contributed by atoms with Crippen LogP contribution in [0.3, 0.4) is 0 Å². The Labute approximate surface area is 113 Å². The van der Waals surface area contributed by atoms with E-state index in [4.69, 9.17) is 11.6 Å². The van der Waals surface area contributed by atoms with Crippen LogP contribution in [0.2, 0.25) is 5.02 Å². The van der Waals surface area contributed by atoms with Crippen LogP contribution in [0.5, 0.6) is 0 Å². The minimum absolute atomic E-state index is 0.0219. The summed E-state index contributed by atoms with van der Waals surface area (Å²) in [7, 11) is 0. The number of benzene rings is 1. The highest BCUT2D eigenvalue weighted by Crippen LogP contribution is 2.19. The Morgan fingerprint density at radius 3 is 3.00 bits per heavy atom. The zero-order valence-electron chi connectivity index (χ0n) is 10.7. The van der Waals surface area contributed by atoms with Gasteiger partial charge < -0.3 is 10.2 Å². The molecule has 1 saturated heterocycles. The normalized spacial score (nSPS) is 20.3. The predicted octanol–water partition coefficient (Wildman–Crippen LogP) is 3.99. The van der Waals surface area contributed by atoms with Gasteiger partial charge >= 0.3 is 6.03 Å². The number of halogens is 1. The van der Waals surface area contributed by atoms with Gasteiger partial charge in [0.2, 0.25) is 0 Å². The van der Waals surface area contributed by atoms with Gasteiger partial charge in [0, 0.05) is 23.8 Å². The Balaban J connectivity index is 1.95. The molecular formula is C14H19ClN2O. The first kappa shape index (κ1) is 13.2. The van der Waals surface area contributed by atoms with Crippen molar-refractivity contribution < 1.29 is 4.79 Å². The molecule has 1 atom stereocenters. The van der Waals surface area contributed by atoms with E-state index >= 15 is 0 Å². The first-order valence-electron chi connectivity index (χ1n) is 6.46. The second kappa shape index (κ2) is 6.10. The van der Waals surface area contributed by atoms with Gasteiger partial charge in [-0.2, -0.15) is 0 Å². The molecule has 4 heteroatoms. The van der Waals surface area contributed by atoms with Crippen LogP contribution in [-0.2, 0) is 0 Å². The van der Waals surface area contributed by atoms with Crippen LogP contribution in [0.15, 0.2) is 24.3 Å². The molecule has 1 heterocycles. The van der Waals surface area contributed by atoms with Crippen molar-refractivity contribution in [2.75, 3.05) is 18.4 Å². The van der Waals surface area contributed by atoms with E-state index in [-0.39, 0.29) is 6.03 Å². The number of hydrogen-bond donors (Lipinski definition) is 1. The molecule has 1 aromatic rings. The smallest absolute Gasteiger partial charge is 0.321 e. The number of anilines is 1. The molecule has 18 heavy (non-hydrogen) atoms. The molecule has 2 amide bonds. The quantitative estimate of drug-likeness (QED) is 0.819. The Morgan fingerprint density at radius 1 is 1.39 bits per heavy atom. The third-order valence-corrected chi connectivity index (χ3v) is 3.61. The summed E-state index contributed by atoms with van der Waals surface area (Å²) in [5.74, 6) is 0.717. The minimum atomic E-state index is -0.0219. The molecule has 2 rings (SSSR count). The molecule has 1 fully saturated rings. The van der Waals surface area contributed by atoms with Crippen LogP contribution >= 0.6 is 11.6 Å². The average Bonchev–Trinajstić information content (AvgIpc) is 2.54. The maximum absolute atomic E-state index is 12.1. The van der Waals surface area contributed by atoms with Gasteiger partial charge in [-0.05, 0) is 43.4 Å². The Kier molecular flexibility index (Phi) is 4.48. The fourth-order valence-electron chi connectivity index (χ4n) is 2.23. The number of urea groups is 1. The van der Waals surface area contributed by atoms with E-state index in [1.165, 1.54) is 6.42 Å². The lowest BCUT2D eigenvalue weighted by molar-refractivity contribution is 0.213. The van der Waals surface area contributed by atoms with Crippen molar-refractivity contribution in [3.05, 3.63) is 29.3 Å². The van der Waals surface area contributed by atoms with E-state index in [1.807, 2.05) is 17.0 Å². The number of carbonyl (C=O) groups excluding carboxylic acids is 1. The molecule has 1 aromatic carbocycles. The van der Waals surface area contributed by atoms with Gasteiger partial charge in [0.05, 0.1) is 0 Å². The Bertz CT molecular complexity index is 422. The summed E-state index contributed by atoms with van der Waals surface area (Å²) >= 11 is 5.89. The summed E-state index contributed by atoms with van der Waals surface area (Å²) < 4.78 is 0. The molecule has 0 radical (unpaired) electrons. The van der Waals surface area contributed by atoms with E-state index in [0.717, 1.165) is 31.6 Å². The number of hydrogen-bond acceptors (Lipinski definition) is 1. The van der Waals surface area contributed by atoms with Crippen molar-refractivity contribution in [1.29, 1.82) is 0 Å². The molecule has 0 spiro atoms. The monoisotopic (exact) mass is 266 g/mol. The van der Waals surface area contributed by atoms with Crippen LogP contribution in [0, 0.1) is 5.92 Å². The summed E-state index contributed by atoms with van der Waals surface area (Å²) in [6.07, 6.45) is 3.38. The molecule has 1 N–H and O–H groups in total. The van der Waals surface area contributed by atoms with Gasteiger partial charge in [-0.25, -0.2) is 4.79 Å². The summed E-state index contributed by atoms with van der Waals surface area (Å²) in [5, 5.41) is 3.53. The Hall–Kier alpha value is -1.22. The number of carbonyl (C=O) groups is 1. The van der Waals surface area contributed by atoms with Gasteiger partial charge in [0.1, 0.15) is 0 Å². The standard InChI is InChI=1S/C14H19ClN2O/c1-11-4-3-8-17(9-7-11)14(18)16-13-6-2-5-12(15)10-13/h2,5-6,10-11H,3-4,7-9H2,1H3,(H,16,18). The maximum atomic E-state index is 12.1. The topological polar surface area (TPSA) is 32.3 Å². The highest BCUT2D eigenvalue weighted by Gasteiger charge is 2.18. The fraction of sp³-hybridized carbons (Fsp3) is 0.500. The number of nitrogens with one attached hydrogen (secondary N) is 1. The van der Waals surface area contributed by atoms with Crippen LogP contribution in [-0.4, -0.2) is 24.0 Å². The summed E-state index contributed by atoms with van der Waals surface area (Å²) in [4.78, 5) is 14.0. The highest BCUT2D eigenvalue weighted by molar-refractivity contribution is 6.30. The van der Waals surface area contributed by atoms with Gasteiger partial charge in [0.25, 0.3) is 0 Å². The van der Waals surface area contributed by atoms with Crippen LogP contribution < -0.4 is 5.32 Å². The van der Waals surface area contributed by atoms with E-state index < -0.39 is 0 Å². The molecule has 1 aliphatic rings. The molecule has 1 aliphatic heterocycles. The number of amides is 2. The van der Waals surface area contributed by atoms with E-state index in [1.54, 1.807) is 12.1 Å². The molecule has 0 saturated carbocycles. The molecule has 3 nitrogen and oxygen atoms in total. The van der Waals surface area contributed by atoms with Crippen molar-refractivity contribution in [2.24, 2.45) is 5.92 Å². The zero-order chi connectivity index (χ0) is 13.0. The highest BCUT2D eigenvalue weighted by atomic mass is 35.5. The van der Waals surface area contributed by atoms with Gasteiger partial charge in [0.15, 0.2) is 0 Å². The van der Waals surface area contributed by atoms with Gasteiger partial charge in [-0.3, -0.25) is 0 Å². The lowest BCUT2D eigenvalue weighted by atomic mass is 10.0. The summed E-state index contributed by atoms with van der Waals surface area (Å²) in [6, 6.07) is 7.23. The molecule has 0 bridgehead atoms. The lowest BCUT2D eigenvalue weighted by Gasteiger charge is -2.21. The molecular weight excluding hydrogens is 248 g/mol. The van der Waals surface area contributed by atoms with Crippen molar-refractivity contribution in [2.45, 2.75) is 26.2 Å². The number of rotatable bonds is 1. The number of nitrogens with zero attached hydrogens (tertiary/aromatic N) is 1. The predicted molar refractivity (Wildman–Crippen MR) is 75.1 cm³/mol. The van der Waals surface area contributed by atoms with Crippen LogP contribution in [0.1, 0.15) is 26.2 Å². The SMILES string of the molecule is CC1CCCN(C(=O)Nc2cccc(Cl)c2)CC1. The average molecular weight is 267 g/mol. The van der Waals surface area contributed by atoms with Crippen molar-refractivity contribution >= 4 is 23.3 Å². The van der Waals surface area contributed by atoms with Crippen molar-refractivity contribution in [3.8, 4) is 0 Å². The van der Waals surface area contributed by atoms with Crippen LogP contribution in [0.25, 0.3) is 0 Å². The second-order valence-electron chi connectivity index (χ2n) is 4.96. The van der Waals surface area contributed by atoms with Gasteiger partial charge in [-0.1, -0.05) is 24.6 Å². The third kappa shape index (κ3) is 3.64.